The summed E-state index contributed by atoms with van der Waals surface area (Å²) < 4.78 is 0. The molecule has 3 rings (SSSR count). The number of rotatable bonds is 5. The zero-order valence-corrected chi connectivity index (χ0v) is 16.9. The molecule has 0 radical (unpaired) electrons. The average Bonchev–Trinajstić information content (AvgIpc) is 2.95. The monoisotopic (exact) mass is 386 g/mol. The van der Waals surface area contributed by atoms with Crippen molar-refractivity contribution in [3.63, 3.8) is 0 Å². The molecule has 0 fully saturated rings. The minimum absolute atomic E-state index is 0.0876. The van der Waals surface area contributed by atoms with Gasteiger partial charge in [0.25, 0.3) is 0 Å². The number of nitrogens with one attached hydrogen (secondary N) is 1. The molecule has 0 bridgehead atoms. The van der Waals surface area contributed by atoms with Crippen LogP contribution in [0.2, 0.25) is 0 Å². The standard InChI is InChI=1S/C19H22N4OS2/c1-4-15(26-19-21-11(2)9-12(3)22-19)17(24)23-18-14(10-20)13-7-5-6-8-16(13)25-18/h9,15H,4-8H2,1-3H3,(H,23,24). The highest BCUT2D eigenvalue weighted by Gasteiger charge is 2.25. The summed E-state index contributed by atoms with van der Waals surface area (Å²) in [4.78, 5) is 22.9. The molecule has 5 nitrogen and oxygen atoms in total. The number of nitrogens with zero attached hydrogens (tertiary/aromatic N) is 3. The minimum Gasteiger partial charge on any atom is -0.316 e. The van der Waals surface area contributed by atoms with Gasteiger partial charge in [0.1, 0.15) is 11.1 Å². The lowest BCUT2D eigenvalue weighted by atomic mass is 9.96. The molecule has 2 aromatic heterocycles. The highest BCUT2D eigenvalue weighted by Crippen LogP contribution is 2.38. The number of hydrogen-bond acceptors (Lipinski definition) is 6. The van der Waals surface area contributed by atoms with Gasteiger partial charge in [-0.15, -0.1) is 11.3 Å². The topological polar surface area (TPSA) is 78.7 Å². The number of amides is 1. The number of fused-ring (bicyclic) bond motifs is 1. The Balaban J connectivity index is 1.78. The van der Waals surface area contributed by atoms with Crippen molar-refractivity contribution >= 4 is 34.0 Å². The number of thioether (sulfide) groups is 1. The molecular formula is C19H22N4OS2. The molecule has 0 saturated carbocycles. The Morgan fingerprint density at radius 2 is 2.04 bits per heavy atom. The number of anilines is 1. The van der Waals surface area contributed by atoms with Gasteiger partial charge in [0.2, 0.25) is 5.91 Å². The molecule has 2 aromatic rings. The lowest BCUT2D eigenvalue weighted by molar-refractivity contribution is -0.115. The second-order valence-corrected chi connectivity index (χ2v) is 8.74. The van der Waals surface area contributed by atoms with Crippen molar-refractivity contribution < 1.29 is 4.79 Å². The number of aryl methyl sites for hydroxylation is 3. The molecular weight excluding hydrogens is 364 g/mol. The summed E-state index contributed by atoms with van der Waals surface area (Å²) in [6, 6.07) is 4.21. The van der Waals surface area contributed by atoms with E-state index in [0.29, 0.717) is 22.1 Å². The van der Waals surface area contributed by atoms with E-state index < -0.39 is 0 Å². The van der Waals surface area contributed by atoms with Crippen LogP contribution < -0.4 is 5.32 Å². The molecule has 0 saturated heterocycles. The minimum atomic E-state index is -0.290. The fourth-order valence-electron chi connectivity index (χ4n) is 3.16. The van der Waals surface area contributed by atoms with Crippen molar-refractivity contribution in [2.75, 3.05) is 5.32 Å². The normalized spacial score (nSPS) is 14.4. The zero-order valence-electron chi connectivity index (χ0n) is 15.3. The molecule has 1 aliphatic rings. The van der Waals surface area contributed by atoms with E-state index in [4.69, 9.17) is 0 Å². The van der Waals surface area contributed by atoms with Crippen molar-refractivity contribution in [2.45, 2.75) is 63.3 Å². The van der Waals surface area contributed by atoms with E-state index >= 15 is 0 Å². The van der Waals surface area contributed by atoms with Gasteiger partial charge in [-0.2, -0.15) is 5.26 Å². The van der Waals surface area contributed by atoms with E-state index in [1.165, 1.54) is 16.6 Å². The summed E-state index contributed by atoms with van der Waals surface area (Å²) in [5, 5.41) is 13.6. The Hall–Kier alpha value is -1.91. The van der Waals surface area contributed by atoms with Crippen molar-refractivity contribution in [3.05, 3.63) is 33.5 Å². The highest BCUT2D eigenvalue weighted by molar-refractivity contribution is 8.00. The van der Waals surface area contributed by atoms with Gasteiger partial charge in [-0.3, -0.25) is 4.79 Å². The van der Waals surface area contributed by atoms with Crippen LogP contribution >= 0.6 is 23.1 Å². The Kier molecular flexibility index (Phi) is 5.94. The van der Waals surface area contributed by atoms with Gasteiger partial charge in [-0.25, -0.2) is 9.97 Å². The summed E-state index contributed by atoms with van der Waals surface area (Å²) in [5.41, 5.74) is 3.58. The number of carbonyl (C=O) groups excluding carboxylic acids is 1. The maximum Gasteiger partial charge on any atom is 0.238 e. The maximum atomic E-state index is 12.8. The summed E-state index contributed by atoms with van der Waals surface area (Å²) in [6.07, 6.45) is 4.88. The average molecular weight is 387 g/mol. The van der Waals surface area contributed by atoms with E-state index in [-0.39, 0.29) is 11.2 Å². The molecule has 1 unspecified atom stereocenters. The summed E-state index contributed by atoms with van der Waals surface area (Å²) >= 11 is 2.94. The fraction of sp³-hybridized carbons (Fsp3) is 0.474. The number of aromatic nitrogens is 2. The Bertz CT molecular complexity index is 849. The molecule has 1 N–H and O–H groups in total. The van der Waals surface area contributed by atoms with Gasteiger partial charge in [-0.05, 0) is 57.6 Å². The third kappa shape index (κ3) is 4.08. The van der Waals surface area contributed by atoms with Crippen molar-refractivity contribution in [2.24, 2.45) is 0 Å². The molecule has 1 atom stereocenters. The van der Waals surface area contributed by atoms with Crippen LogP contribution in [0.25, 0.3) is 0 Å². The summed E-state index contributed by atoms with van der Waals surface area (Å²) in [7, 11) is 0. The van der Waals surface area contributed by atoms with E-state index in [2.05, 4.69) is 21.4 Å². The SMILES string of the molecule is CCC(Sc1nc(C)cc(C)n1)C(=O)Nc1sc2c(c1C#N)CCCC2. The number of thiophene rings is 1. The van der Waals surface area contributed by atoms with Crippen LogP contribution in [-0.4, -0.2) is 21.1 Å². The first kappa shape index (κ1) is 18.9. The molecule has 0 spiro atoms. The van der Waals surface area contributed by atoms with Crippen molar-refractivity contribution in [1.82, 2.24) is 9.97 Å². The Morgan fingerprint density at radius 1 is 1.35 bits per heavy atom. The van der Waals surface area contributed by atoms with Crippen LogP contribution in [-0.2, 0) is 17.6 Å². The van der Waals surface area contributed by atoms with Crippen LogP contribution in [0.5, 0.6) is 0 Å². The quantitative estimate of drug-likeness (QED) is 0.608. The Labute approximate surface area is 162 Å². The molecule has 0 aromatic carbocycles. The predicted octanol–water partition coefficient (Wildman–Crippen LogP) is 4.41. The number of nitriles is 1. The number of carbonyl (C=O) groups is 1. The second-order valence-electron chi connectivity index (χ2n) is 6.46. The van der Waals surface area contributed by atoms with Crippen LogP contribution in [0.4, 0.5) is 5.00 Å². The lowest BCUT2D eigenvalue weighted by Crippen LogP contribution is -2.24. The zero-order chi connectivity index (χ0) is 18.7. The summed E-state index contributed by atoms with van der Waals surface area (Å²) in [5.74, 6) is -0.0876. The summed E-state index contributed by atoms with van der Waals surface area (Å²) in [6.45, 7) is 5.83. The van der Waals surface area contributed by atoms with Crippen LogP contribution in [0, 0.1) is 25.2 Å². The van der Waals surface area contributed by atoms with Crippen LogP contribution in [0.3, 0.4) is 0 Å². The molecule has 7 heteroatoms. The first-order valence-electron chi connectivity index (χ1n) is 8.86. The number of hydrogen-bond donors (Lipinski definition) is 1. The highest BCUT2D eigenvalue weighted by atomic mass is 32.2. The molecule has 0 aliphatic heterocycles. The van der Waals surface area contributed by atoms with Gasteiger partial charge in [0, 0.05) is 16.3 Å². The maximum absolute atomic E-state index is 12.8. The van der Waals surface area contributed by atoms with E-state index in [0.717, 1.165) is 42.6 Å². The fourth-order valence-corrected chi connectivity index (χ4v) is 5.38. The lowest BCUT2D eigenvalue weighted by Gasteiger charge is -2.13. The Morgan fingerprint density at radius 3 is 2.69 bits per heavy atom. The van der Waals surface area contributed by atoms with Crippen molar-refractivity contribution in [1.29, 1.82) is 5.26 Å². The first-order valence-corrected chi connectivity index (χ1v) is 10.6. The molecule has 136 valence electrons. The smallest absolute Gasteiger partial charge is 0.238 e. The molecule has 26 heavy (non-hydrogen) atoms. The molecule has 1 aliphatic carbocycles. The molecule has 1 amide bonds. The van der Waals surface area contributed by atoms with E-state index in [1.807, 2.05) is 26.8 Å². The van der Waals surface area contributed by atoms with E-state index in [9.17, 15) is 10.1 Å². The predicted molar refractivity (Wildman–Crippen MR) is 106 cm³/mol. The third-order valence-corrected chi connectivity index (χ3v) is 6.83. The molecule has 2 heterocycles. The van der Waals surface area contributed by atoms with E-state index in [1.54, 1.807) is 11.3 Å². The third-order valence-electron chi connectivity index (χ3n) is 4.39. The van der Waals surface area contributed by atoms with Gasteiger partial charge in [0.05, 0.1) is 10.8 Å². The van der Waals surface area contributed by atoms with Crippen LogP contribution in [0.15, 0.2) is 11.2 Å². The largest absolute Gasteiger partial charge is 0.316 e. The van der Waals surface area contributed by atoms with Gasteiger partial charge in [-0.1, -0.05) is 18.7 Å². The van der Waals surface area contributed by atoms with Gasteiger partial charge in [0.15, 0.2) is 5.16 Å². The van der Waals surface area contributed by atoms with Crippen molar-refractivity contribution in [3.8, 4) is 6.07 Å². The van der Waals surface area contributed by atoms with Gasteiger partial charge >= 0.3 is 0 Å². The van der Waals surface area contributed by atoms with Crippen LogP contribution in [0.1, 0.15) is 53.6 Å². The van der Waals surface area contributed by atoms with Gasteiger partial charge < -0.3 is 5.32 Å². The second kappa shape index (κ2) is 8.19. The first-order chi connectivity index (χ1) is 12.5.